The molecule has 4 N–H and O–H groups in total. The van der Waals surface area contributed by atoms with Crippen molar-refractivity contribution in [3.8, 4) is 11.5 Å². The SMILES string of the molecule is COc1cccc(CC(CN)CO)c1O. The number of phenolic OH excluding ortho intramolecular Hbond substituents is 1. The van der Waals surface area contributed by atoms with E-state index in [-0.39, 0.29) is 18.3 Å². The van der Waals surface area contributed by atoms with Gasteiger partial charge in [0.15, 0.2) is 11.5 Å². The smallest absolute Gasteiger partial charge is 0.160 e. The van der Waals surface area contributed by atoms with Gasteiger partial charge in [-0.05, 0) is 30.5 Å². The minimum atomic E-state index is -0.0250. The van der Waals surface area contributed by atoms with E-state index < -0.39 is 0 Å². The molecule has 1 aromatic carbocycles. The standard InChI is InChI=1S/C11H17NO3/c1-15-10-4-2-3-9(11(10)14)5-8(6-12)7-13/h2-4,8,13-14H,5-7,12H2,1H3. The number of aliphatic hydroxyl groups excluding tert-OH is 1. The summed E-state index contributed by atoms with van der Waals surface area (Å²) in [4.78, 5) is 0. The number of aliphatic hydroxyl groups is 1. The zero-order valence-electron chi connectivity index (χ0n) is 8.81. The second-order valence-electron chi connectivity index (χ2n) is 3.46. The lowest BCUT2D eigenvalue weighted by Crippen LogP contribution is -2.20. The summed E-state index contributed by atoms with van der Waals surface area (Å²) < 4.78 is 4.99. The molecule has 1 atom stereocenters. The van der Waals surface area contributed by atoms with Gasteiger partial charge in [-0.3, -0.25) is 0 Å². The van der Waals surface area contributed by atoms with E-state index in [0.29, 0.717) is 18.7 Å². The van der Waals surface area contributed by atoms with E-state index in [4.69, 9.17) is 15.6 Å². The maximum atomic E-state index is 9.78. The van der Waals surface area contributed by atoms with Gasteiger partial charge in [0.2, 0.25) is 0 Å². The maximum absolute atomic E-state index is 9.78. The fraction of sp³-hybridized carbons (Fsp3) is 0.455. The first-order valence-electron chi connectivity index (χ1n) is 4.88. The number of ether oxygens (including phenoxy) is 1. The van der Waals surface area contributed by atoms with E-state index in [2.05, 4.69) is 0 Å². The van der Waals surface area contributed by atoms with E-state index in [0.717, 1.165) is 5.56 Å². The highest BCUT2D eigenvalue weighted by Crippen LogP contribution is 2.30. The molecule has 4 nitrogen and oxygen atoms in total. The number of hydrogen-bond donors (Lipinski definition) is 3. The first-order valence-corrected chi connectivity index (χ1v) is 4.88. The van der Waals surface area contributed by atoms with Gasteiger partial charge in [0.05, 0.1) is 7.11 Å². The molecule has 0 aliphatic rings. The van der Waals surface area contributed by atoms with Gasteiger partial charge in [-0.15, -0.1) is 0 Å². The molecular weight excluding hydrogens is 194 g/mol. The topological polar surface area (TPSA) is 75.7 Å². The Morgan fingerprint density at radius 2 is 2.20 bits per heavy atom. The van der Waals surface area contributed by atoms with Gasteiger partial charge in [0.1, 0.15) is 0 Å². The maximum Gasteiger partial charge on any atom is 0.160 e. The van der Waals surface area contributed by atoms with Crippen LogP contribution in [0.3, 0.4) is 0 Å². The van der Waals surface area contributed by atoms with Crippen LogP contribution in [0.5, 0.6) is 11.5 Å². The van der Waals surface area contributed by atoms with Crippen molar-refractivity contribution in [2.45, 2.75) is 6.42 Å². The Labute approximate surface area is 89.3 Å². The summed E-state index contributed by atoms with van der Waals surface area (Å²) in [5, 5.41) is 18.8. The molecule has 1 unspecified atom stereocenters. The normalized spacial score (nSPS) is 12.5. The Hall–Kier alpha value is -1.26. The number of phenols is 1. The Morgan fingerprint density at radius 1 is 1.47 bits per heavy atom. The predicted octanol–water partition coefficient (Wildman–Crippen LogP) is 0.510. The van der Waals surface area contributed by atoms with Crippen LogP contribution >= 0.6 is 0 Å². The zero-order valence-corrected chi connectivity index (χ0v) is 8.81. The highest BCUT2D eigenvalue weighted by molar-refractivity contribution is 5.45. The lowest BCUT2D eigenvalue weighted by atomic mass is 9.99. The van der Waals surface area contributed by atoms with Crippen molar-refractivity contribution in [3.63, 3.8) is 0 Å². The number of nitrogens with two attached hydrogens (primary N) is 1. The Balaban J connectivity index is 2.85. The first kappa shape index (κ1) is 11.8. The van der Waals surface area contributed by atoms with Crippen molar-refractivity contribution < 1.29 is 14.9 Å². The monoisotopic (exact) mass is 211 g/mol. The van der Waals surface area contributed by atoms with Gasteiger partial charge in [-0.25, -0.2) is 0 Å². The fourth-order valence-electron chi connectivity index (χ4n) is 1.43. The summed E-state index contributed by atoms with van der Waals surface area (Å²) in [6.45, 7) is 0.417. The summed E-state index contributed by atoms with van der Waals surface area (Å²) in [6.07, 6.45) is 0.552. The Morgan fingerprint density at radius 3 is 2.73 bits per heavy atom. The highest BCUT2D eigenvalue weighted by atomic mass is 16.5. The summed E-state index contributed by atoms with van der Waals surface area (Å²) in [5.41, 5.74) is 6.23. The molecule has 0 aromatic heterocycles. The van der Waals surface area contributed by atoms with Crippen molar-refractivity contribution in [2.75, 3.05) is 20.3 Å². The minimum absolute atomic E-state index is 0.0210. The molecule has 0 saturated heterocycles. The molecule has 0 spiro atoms. The van der Waals surface area contributed by atoms with Crippen LogP contribution in [0.15, 0.2) is 18.2 Å². The van der Waals surface area contributed by atoms with E-state index in [1.54, 1.807) is 18.2 Å². The van der Waals surface area contributed by atoms with Crippen molar-refractivity contribution in [2.24, 2.45) is 11.7 Å². The molecule has 1 rings (SSSR count). The van der Waals surface area contributed by atoms with Gasteiger partial charge in [0.25, 0.3) is 0 Å². The Kier molecular flexibility index (Phi) is 4.39. The lowest BCUT2D eigenvalue weighted by Gasteiger charge is -2.13. The molecule has 0 saturated carbocycles. The van der Waals surface area contributed by atoms with Crippen LogP contribution in [-0.4, -0.2) is 30.5 Å². The molecule has 0 heterocycles. The average molecular weight is 211 g/mol. The molecule has 84 valence electrons. The number of rotatable bonds is 5. The second kappa shape index (κ2) is 5.58. The summed E-state index contributed by atoms with van der Waals surface area (Å²) in [5.74, 6) is 0.552. The molecule has 0 radical (unpaired) electrons. The summed E-state index contributed by atoms with van der Waals surface area (Å²) in [6, 6.07) is 5.30. The molecule has 0 fully saturated rings. The van der Waals surface area contributed by atoms with Crippen LogP contribution in [0.25, 0.3) is 0 Å². The molecule has 0 aliphatic carbocycles. The average Bonchev–Trinajstić information content (AvgIpc) is 2.28. The molecule has 0 amide bonds. The van der Waals surface area contributed by atoms with Gasteiger partial charge >= 0.3 is 0 Å². The molecule has 1 aromatic rings. The number of hydrogen-bond acceptors (Lipinski definition) is 4. The quantitative estimate of drug-likeness (QED) is 0.663. The number of para-hydroxylation sites is 1. The minimum Gasteiger partial charge on any atom is -0.504 e. The highest BCUT2D eigenvalue weighted by Gasteiger charge is 2.12. The largest absolute Gasteiger partial charge is 0.504 e. The first-order chi connectivity index (χ1) is 7.22. The molecular formula is C11H17NO3. The van der Waals surface area contributed by atoms with E-state index in [9.17, 15) is 5.11 Å². The second-order valence-corrected chi connectivity index (χ2v) is 3.46. The van der Waals surface area contributed by atoms with Crippen molar-refractivity contribution in [3.05, 3.63) is 23.8 Å². The van der Waals surface area contributed by atoms with Gasteiger partial charge in [-0.2, -0.15) is 0 Å². The van der Waals surface area contributed by atoms with Crippen molar-refractivity contribution >= 4 is 0 Å². The molecule has 4 heteroatoms. The van der Waals surface area contributed by atoms with Gasteiger partial charge < -0.3 is 20.7 Å². The third-order valence-electron chi connectivity index (χ3n) is 2.40. The van der Waals surface area contributed by atoms with E-state index >= 15 is 0 Å². The van der Waals surface area contributed by atoms with Crippen molar-refractivity contribution in [1.82, 2.24) is 0 Å². The van der Waals surface area contributed by atoms with Crippen LogP contribution in [-0.2, 0) is 6.42 Å². The summed E-state index contributed by atoms with van der Waals surface area (Å²) >= 11 is 0. The van der Waals surface area contributed by atoms with Crippen LogP contribution in [0.1, 0.15) is 5.56 Å². The molecule has 0 aliphatic heterocycles. The van der Waals surface area contributed by atoms with Gasteiger partial charge in [0, 0.05) is 6.61 Å². The van der Waals surface area contributed by atoms with E-state index in [1.165, 1.54) is 7.11 Å². The molecule has 0 bridgehead atoms. The van der Waals surface area contributed by atoms with Gasteiger partial charge in [-0.1, -0.05) is 12.1 Å². The zero-order chi connectivity index (χ0) is 11.3. The lowest BCUT2D eigenvalue weighted by molar-refractivity contribution is 0.228. The summed E-state index contributed by atoms with van der Waals surface area (Å²) in [7, 11) is 1.51. The van der Waals surface area contributed by atoms with Crippen LogP contribution in [0.4, 0.5) is 0 Å². The van der Waals surface area contributed by atoms with Crippen molar-refractivity contribution in [1.29, 1.82) is 0 Å². The number of benzene rings is 1. The fourth-order valence-corrected chi connectivity index (χ4v) is 1.43. The number of methoxy groups -OCH3 is 1. The van der Waals surface area contributed by atoms with Crippen LogP contribution in [0, 0.1) is 5.92 Å². The third kappa shape index (κ3) is 2.84. The van der Waals surface area contributed by atoms with Crippen LogP contribution < -0.4 is 10.5 Å². The predicted molar refractivity (Wildman–Crippen MR) is 58.0 cm³/mol. The third-order valence-corrected chi connectivity index (χ3v) is 2.40. The van der Waals surface area contributed by atoms with Crippen LogP contribution in [0.2, 0.25) is 0 Å². The molecule has 15 heavy (non-hydrogen) atoms. The Bertz CT molecular complexity index is 311. The number of aromatic hydroxyl groups is 1. The van der Waals surface area contributed by atoms with E-state index in [1.807, 2.05) is 0 Å².